The molecule has 160 valence electrons. The van der Waals surface area contributed by atoms with Gasteiger partial charge in [-0.15, -0.1) is 0 Å². The van der Waals surface area contributed by atoms with Crippen LogP contribution < -0.4 is 4.74 Å². The fourth-order valence-corrected chi connectivity index (χ4v) is 5.08. The number of halogens is 1. The molecule has 1 N–H and O–H groups in total. The van der Waals surface area contributed by atoms with Crippen LogP contribution in [-0.2, 0) is 15.3 Å². The Morgan fingerprint density at radius 3 is 2.31 bits per heavy atom. The summed E-state index contributed by atoms with van der Waals surface area (Å²) in [6.45, 7) is 3.87. The molecule has 2 aromatic rings. The third-order valence-corrected chi connectivity index (χ3v) is 6.95. The minimum absolute atomic E-state index is 0.361. The quantitative estimate of drug-likeness (QED) is 0.645. The van der Waals surface area contributed by atoms with Crippen molar-refractivity contribution < 1.29 is 14.2 Å². The molecule has 2 aliphatic rings. The highest BCUT2D eigenvalue weighted by Gasteiger charge is 2.80. The van der Waals surface area contributed by atoms with E-state index in [2.05, 4.69) is 34.1 Å². The molecule has 4 unspecified atom stereocenters. The second kappa shape index (κ2) is 7.64. The molecule has 2 aromatic carbocycles. The molecule has 0 radical (unpaired) electrons. The molecule has 4 rings (SSSR count). The van der Waals surface area contributed by atoms with Crippen LogP contribution in [0.15, 0.2) is 53.0 Å². The van der Waals surface area contributed by atoms with Gasteiger partial charge in [0.25, 0.3) is 0 Å². The molecular weight excluding hydrogens is 472 g/mol. The Hall–Kier alpha value is -3.38. The topological polar surface area (TPSA) is 123 Å². The lowest BCUT2D eigenvalue weighted by molar-refractivity contribution is -0.288. The number of benzene rings is 2. The average molecular weight is 491 g/mol. The third-order valence-electron chi connectivity index (χ3n) is 6.42. The fraction of sp³-hybridized carbons (Fsp3) is 0.333. The zero-order valence-corrected chi connectivity index (χ0v) is 19.0. The smallest absolute Gasteiger partial charge is 0.244 e. The molecule has 7 nitrogen and oxygen atoms in total. The van der Waals surface area contributed by atoms with E-state index < -0.39 is 34.5 Å². The van der Waals surface area contributed by atoms with Crippen molar-refractivity contribution in [2.75, 3.05) is 6.61 Å². The van der Waals surface area contributed by atoms with Gasteiger partial charge in [-0.1, -0.05) is 53.2 Å². The molecule has 2 bridgehead atoms. The summed E-state index contributed by atoms with van der Waals surface area (Å²) in [5, 5.41) is 39.7. The molecule has 0 spiro atoms. The lowest BCUT2D eigenvalue weighted by atomic mass is 9.53. The van der Waals surface area contributed by atoms with Gasteiger partial charge in [0.05, 0.1) is 30.7 Å². The van der Waals surface area contributed by atoms with E-state index in [0.717, 1.165) is 4.47 Å². The number of hydrogen-bond donors (Lipinski definition) is 1. The summed E-state index contributed by atoms with van der Waals surface area (Å²) < 4.78 is 19.1. The number of ether oxygens (including phenoxy) is 3. The standard InChI is InChI=1S/C24H19BrN4O3/c1-3-30-19-7-5-4-6-18(19)20-22(12-26,13-27)23(14-28)15(2)24(31-20,32-21(23)29)16-8-10-17(25)11-9-16/h4-11,15,20,29H,3H2,1-2H3. The van der Waals surface area contributed by atoms with Gasteiger partial charge in [-0.2, -0.15) is 15.8 Å². The van der Waals surface area contributed by atoms with Gasteiger partial charge in [0, 0.05) is 15.6 Å². The summed E-state index contributed by atoms with van der Waals surface area (Å²) in [6, 6.07) is 20.3. The molecule has 2 fully saturated rings. The maximum absolute atomic E-state index is 10.4. The van der Waals surface area contributed by atoms with Crippen LogP contribution in [-0.4, -0.2) is 12.5 Å². The largest absolute Gasteiger partial charge is 0.493 e. The molecule has 8 heteroatoms. The van der Waals surface area contributed by atoms with E-state index in [0.29, 0.717) is 23.5 Å². The molecule has 2 aliphatic heterocycles. The van der Waals surface area contributed by atoms with Crippen molar-refractivity contribution >= 4 is 21.8 Å². The van der Waals surface area contributed by atoms with Gasteiger partial charge in [0.2, 0.25) is 17.1 Å². The van der Waals surface area contributed by atoms with Gasteiger partial charge >= 0.3 is 0 Å². The number of fused-ring (bicyclic) bond motifs is 2. The first-order chi connectivity index (χ1) is 15.4. The van der Waals surface area contributed by atoms with E-state index in [1.54, 1.807) is 55.5 Å². The van der Waals surface area contributed by atoms with E-state index in [4.69, 9.17) is 19.6 Å². The third kappa shape index (κ3) is 2.56. The van der Waals surface area contributed by atoms with Crippen molar-refractivity contribution in [3.05, 3.63) is 64.1 Å². The predicted molar refractivity (Wildman–Crippen MR) is 117 cm³/mol. The van der Waals surface area contributed by atoms with Gasteiger partial charge in [-0.25, -0.2) is 0 Å². The van der Waals surface area contributed by atoms with Crippen molar-refractivity contribution in [2.24, 2.45) is 16.7 Å². The first-order valence-corrected chi connectivity index (χ1v) is 10.8. The lowest BCUT2D eigenvalue weighted by Crippen LogP contribution is -2.57. The number of nitrogens with one attached hydrogen (secondary N) is 1. The summed E-state index contributed by atoms with van der Waals surface area (Å²) in [5.74, 6) is -2.36. The first-order valence-electron chi connectivity index (χ1n) is 10.0. The predicted octanol–water partition coefficient (Wildman–Crippen LogP) is 4.96. The van der Waals surface area contributed by atoms with Crippen molar-refractivity contribution in [3.63, 3.8) is 0 Å². The van der Waals surface area contributed by atoms with E-state index in [-0.39, 0.29) is 0 Å². The second-order valence-electron chi connectivity index (χ2n) is 7.75. The molecule has 0 aromatic heterocycles. The Balaban J connectivity index is 2.04. The number of para-hydroxylation sites is 1. The minimum Gasteiger partial charge on any atom is -0.493 e. The van der Waals surface area contributed by atoms with E-state index in [9.17, 15) is 15.8 Å². The normalized spacial score (nSPS) is 29.8. The van der Waals surface area contributed by atoms with Crippen LogP contribution >= 0.6 is 15.9 Å². The van der Waals surface area contributed by atoms with Gasteiger partial charge in [0.15, 0.2) is 5.41 Å². The van der Waals surface area contributed by atoms with Crippen molar-refractivity contribution in [3.8, 4) is 24.0 Å². The molecule has 2 heterocycles. The highest BCUT2D eigenvalue weighted by molar-refractivity contribution is 9.10. The summed E-state index contributed by atoms with van der Waals surface area (Å²) in [7, 11) is 0. The van der Waals surface area contributed by atoms with Crippen LogP contribution in [0, 0.1) is 56.2 Å². The maximum Gasteiger partial charge on any atom is 0.244 e. The molecular formula is C24H19BrN4O3. The van der Waals surface area contributed by atoms with Crippen LogP contribution in [0.3, 0.4) is 0 Å². The zero-order chi connectivity index (χ0) is 23.1. The number of rotatable bonds is 4. The molecule has 32 heavy (non-hydrogen) atoms. The zero-order valence-electron chi connectivity index (χ0n) is 17.4. The van der Waals surface area contributed by atoms with Crippen LogP contribution in [0.4, 0.5) is 0 Å². The van der Waals surface area contributed by atoms with Crippen LogP contribution in [0.5, 0.6) is 5.75 Å². The summed E-state index contributed by atoms with van der Waals surface area (Å²) >= 11 is 3.41. The SMILES string of the molecule is CCOc1ccccc1C1OC2(c3ccc(Br)cc3)OC(=N)C(C#N)(C2C)C1(C#N)C#N. The maximum atomic E-state index is 10.4. The van der Waals surface area contributed by atoms with Gasteiger partial charge < -0.3 is 14.2 Å². The van der Waals surface area contributed by atoms with Gasteiger partial charge in [0.1, 0.15) is 11.9 Å². The minimum atomic E-state index is -2.04. The monoisotopic (exact) mass is 490 g/mol. The molecule has 4 atom stereocenters. The Morgan fingerprint density at radius 1 is 1.06 bits per heavy atom. The lowest BCUT2D eigenvalue weighted by Gasteiger charge is -2.49. The Labute approximate surface area is 194 Å². The van der Waals surface area contributed by atoms with E-state index in [1.807, 2.05) is 6.92 Å². The van der Waals surface area contributed by atoms with E-state index in [1.165, 1.54) is 0 Å². The van der Waals surface area contributed by atoms with Crippen LogP contribution in [0.25, 0.3) is 0 Å². The van der Waals surface area contributed by atoms with Crippen LogP contribution in [0.1, 0.15) is 31.1 Å². The number of nitriles is 3. The molecule has 0 amide bonds. The summed E-state index contributed by atoms with van der Waals surface area (Å²) in [5.41, 5.74) is -2.87. The van der Waals surface area contributed by atoms with Gasteiger partial charge in [-0.05, 0) is 25.1 Å². The van der Waals surface area contributed by atoms with Crippen molar-refractivity contribution in [1.29, 1.82) is 21.2 Å². The van der Waals surface area contributed by atoms with Crippen molar-refractivity contribution in [1.82, 2.24) is 0 Å². The number of hydrogen-bond acceptors (Lipinski definition) is 7. The number of nitrogens with zero attached hydrogens (tertiary/aromatic N) is 3. The molecule has 0 saturated carbocycles. The van der Waals surface area contributed by atoms with Gasteiger partial charge in [-0.3, -0.25) is 5.41 Å². The van der Waals surface area contributed by atoms with Crippen molar-refractivity contribution in [2.45, 2.75) is 25.7 Å². The van der Waals surface area contributed by atoms with Crippen LogP contribution in [0.2, 0.25) is 0 Å². The molecule has 0 aliphatic carbocycles. The highest BCUT2D eigenvalue weighted by Crippen LogP contribution is 2.69. The Kier molecular flexibility index (Phi) is 5.21. The fourth-order valence-electron chi connectivity index (χ4n) is 4.81. The Bertz CT molecular complexity index is 1200. The Morgan fingerprint density at radius 2 is 1.72 bits per heavy atom. The first kappa shape index (κ1) is 21.8. The van der Waals surface area contributed by atoms with E-state index >= 15 is 0 Å². The highest BCUT2D eigenvalue weighted by atomic mass is 79.9. The summed E-state index contributed by atoms with van der Waals surface area (Å²) in [6.07, 6.45) is -1.21. The average Bonchev–Trinajstić information content (AvgIpc) is 2.96. The molecule has 2 saturated heterocycles. The summed E-state index contributed by atoms with van der Waals surface area (Å²) in [4.78, 5) is 0. The second-order valence-corrected chi connectivity index (χ2v) is 8.66.